The van der Waals surface area contributed by atoms with Crippen LogP contribution in [-0.4, -0.2) is 144 Å². The van der Waals surface area contributed by atoms with E-state index < -0.39 is 6.09 Å². The van der Waals surface area contributed by atoms with Crippen LogP contribution in [-0.2, 0) is 13.1 Å². The van der Waals surface area contributed by atoms with Crippen molar-refractivity contribution in [1.29, 1.82) is 0 Å². The Hall–Kier alpha value is -7.32. The van der Waals surface area contributed by atoms with E-state index in [1.807, 2.05) is 70.8 Å². The molecular formula is C45H54N14O6. The van der Waals surface area contributed by atoms with Crippen LogP contribution < -0.4 is 21.3 Å². The minimum atomic E-state index is -0.877. The highest BCUT2D eigenvalue weighted by Gasteiger charge is 2.27. The van der Waals surface area contributed by atoms with Gasteiger partial charge in [0.05, 0.1) is 47.4 Å². The molecule has 0 spiro atoms. The largest absolute Gasteiger partial charge is 0.465 e. The van der Waals surface area contributed by atoms with Crippen molar-refractivity contribution in [3.8, 4) is 0 Å². The van der Waals surface area contributed by atoms with Crippen molar-refractivity contribution in [3.63, 3.8) is 0 Å². The van der Waals surface area contributed by atoms with Gasteiger partial charge in [0.1, 0.15) is 5.52 Å². The van der Waals surface area contributed by atoms with Crippen LogP contribution in [0.5, 0.6) is 0 Å². The molecule has 340 valence electrons. The third kappa shape index (κ3) is 11.6. The second-order valence-electron chi connectivity index (χ2n) is 16.3. The number of piperidine rings is 1. The summed E-state index contributed by atoms with van der Waals surface area (Å²) in [6.07, 6.45) is 9.56. The molecular weight excluding hydrogens is 833 g/mol. The lowest BCUT2D eigenvalue weighted by molar-refractivity contribution is 0.101. The number of aryl methyl sites for hydroxylation is 2. The Kier molecular flexibility index (Phi) is 13.9. The monoisotopic (exact) mass is 886 g/mol. The molecule has 20 nitrogen and oxygen atoms in total. The van der Waals surface area contributed by atoms with Gasteiger partial charge >= 0.3 is 24.2 Å². The number of amides is 7. The Bertz CT molecular complexity index is 2590. The summed E-state index contributed by atoms with van der Waals surface area (Å²) < 4.78 is 7.84. The van der Waals surface area contributed by atoms with Crippen LogP contribution in [0.25, 0.3) is 16.7 Å². The minimum Gasteiger partial charge on any atom is -0.465 e. The molecule has 3 fully saturated rings. The number of carbonyl (C=O) groups excluding carboxylic acids is 3. The van der Waals surface area contributed by atoms with Crippen LogP contribution >= 0.6 is 0 Å². The molecule has 0 unspecified atom stereocenters. The Balaban J connectivity index is 0.000000179. The molecule has 0 atom stereocenters. The molecule has 8 heterocycles. The predicted molar refractivity (Wildman–Crippen MR) is 245 cm³/mol. The zero-order valence-corrected chi connectivity index (χ0v) is 36.6. The fraction of sp³-hybridized carbons (Fsp3) is 0.378. The number of rotatable bonds is 8. The average Bonchev–Trinajstić information content (AvgIpc) is 3.93. The molecule has 0 saturated carbocycles. The maximum Gasteiger partial charge on any atom is 0.407 e. The van der Waals surface area contributed by atoms with Crippen LogP contribution in [0.4, 0.5) is 41.9 Å². The molecule has 9 rings (SSSR count). The van der Waals surface area contributed by atoms with E-state index in [4.69, 9.17) is 9.52 Å². The number of oxazole rings is 1. The van der Waals surface area contributed by atoms with Gasteiger partial charge in [0.25, 0.3) is 0 Å². The summed E-state index contributed by atoms with van der Waals surface area (Å²) in [6, 6.07) is 15.8. The van der Waals surface area contributed by atoms with Crippen LogP contribution in [0.3, 0.4) is 0 Å². The van der Waals surface area contributed by atoms with E-state index in [1.165, 1.54) is 11.3 Å². The molecule has 20 heteroatoms. The van der Waals surface area contributed by atoms with E-state index >= 15 is 0 Å². The van der Waals surface area contributed by atoms with Gasteiger partial charge < -0.3 is 49.9 Å². The van der Waals surface area contributed by atoms with Crippen molar-refractivity contribution >= 4 is 63.7 Å². The molecule has 65 heavy (non-hydrogen) atoms. The number of carboxylic acid groups (broad SMARTS) is 1. The first-order valence-corrected chi connectivity index (χ1v) is 21.9. The highest BCUT2D eigenvalue weighted by molar-refractivity contribution is 6.04. The van der Waals surface area contributed by atoms with Gasteiger partial charge in [0.2, 0.25) is 5.89 Å². The Morgan fingerprint density at radius 2 is 1.22 bits per heavy atom. The quantitative estimate of drug-likeness (QED) is 0.112. The molecule has 0 radical (unpaired) electrons. The summed E-state index contributed by atoms with van der Waals surface area (Å²) in [6.45, 7) is 12.0. The Morgan fingerprint density at radius 1 is 0.631 bits per heavy atom. The van der Waals surface area contributed by atoms with Gasteiger partial charge in [-0.3, -0.25) is 19.8 Å². The van der Waals surface area contributed by atoms with E-state index in [0.29, 0.717) is 97.7 Å². The predicted octanol–water partition coefficient (Wildman–Crippen LogP) is 6.38. The zero-order chi connectivity index (χ0) is 45.3. The smallest absolute Gasteiger partial charge is 0.407 e. The number of nitrogens with zero attached hydrogens (tertiary/aromatic N) is 10. The molecule has 6 aromatic rings. The third-order valence-electron chi connectivity index (χ3n) is 11.5. The van der Waals surface area contributed by atoms with Gasteiger partial charge in [0.15, 0.2) is 11.2 Å². The molecule has 0 bridgehead atoms. The number of hydrogen-bond acceptors (Lipinski definition) is 11. The second kappa shape index (κ2) is 20.5. The summed E-state index contributed by atoms with van der Waals surface area (Å²) in [5.41, 5.74) is 6.88. The molecule has 3 aliphatic heterocycles. The standard InChI is InChI=1S/C25H31N7O3.C20H23N7O3/c1-18-8-9-19(16-26-18)27-24(33)28-20-6-5-7-21-23(20)29-22(35-21)17-30-12-14-32(15-13-30)25(34)31-10-3-2-4-11-31;1-14-4-5-15(11-21-14)23-19(28)24-17-3-2-6-27-13-16(22-18(17)27)12-25-7-9-26(10-8-25)20(29)30/h5-9,16H,2-4,10-15,17H2,1H3,(H2,27,28,33);2-6,11,13H,7-10,12H2,1H3,(H,29,30)(H2,23,24,28). The number of aromatic nitrogens is 5. The second-order valence-corrected chi connectivity index (χ2v) is 16.3. The van der Waals surface area contributed by atoms with Crippen LogP contribution in [0.2, 0.25) is 0 Å². The SMILES string of the molecule is Cc1ccc(NC(=O)Nc2cccc3oc(CN4CCN(C(=O)N5CCCCC5)CC4)nc23)cn1.Cc1ccc(NC(=O)Nc2cccn3cc(CN4CCN(C(=O)O)CC4)nc23)cn1. The fourth-order valence-corrected chi connectivity index (χ4v) is 7.95. The molecule has 7 amide bonds. The number of nitrogens with one attached hydrogen (secondary N) is 4. The van der Waals surface area contributed by atoms with Crippen molar-refractivity contribution < 1.29 is 28.7 Å². The molecule has 5 aromatic heterocycles. The molecule has 3 saturated heterocycles. The van der Waals surface area contributed by atoms with Crippen LogP contribution in [0.15, 0.2) is 83.8 Å². The summed E-state index contributed by atoms with van der Waals surface area (Å²) in [7, 11) is 0. The van der Waals surface area contributed by atoms with Crippen molar-refractivity contribution in [2.24, 2.45) is 0 Å². The number of anilines is 4. The van der Waals surface area contributed by atoms with Gasteiger partial charge in [-0.2, -0.15) is 0 Å². The highest BCUT2D eigenvalue weighted by Crippen LogP contribution is 2.26. The van der Waals surface area contributed by atoms with Gasteiger partial charge in [0, 0.05) is 95.8 Å². The Labute approximate surface area is 375 Å². The maximum atomic E-state index is 12.8. The highest BCUT2D eigenvalue weighted by atomic mass is 16.4. The number of carbonyl (C=O) groups is 4. The first kappa shape index (κ1) is 44.3. The third-order valence-corrected chi connectivity index (χ3v) is 11.5. The van der Waals surface area contributed by atoms with E-state index in [0.717, 1.165) is 56.1 Å². The van der Waals surface area contributed by atoms with Crippen molar-refractivity contribution in [1.82, 2.24) is 48.8 Å². The molecule has 5 N–H and O–H groups in total. The first-order valence-electron chi connectivity index (χ1n) is 21.9. The van der Waals surface area contributed by atoms with Crippen LogP contribution in [0, 0.1) is 13.8 Å². The van der Waals surface area contributed by atoms with Crippen molar-refractivity contribution in [2.75, 3.05) is 86.7 Å². The molecule has 3 aliphatic rings. The summed E-state index contributed by atoms with van der Waals surface area (Å²) >= 11 is 0. The van der Waals surface area contributed by atoms with E-state index in [2.05, 4.69) is 51.0 Å². The summed E-state index contributed by atoms with van der Waals surface area (Å²) in [5.74, 6) is 0.591. The van der Waals surface area contributed by atoms with Crippen LogP contribution in [0.1, 0.15) is 42.2 Å². The molecule has 1 aromatic carbocycles. The Morgan fingerprint density at radius 3 is 1.83 bits per heavy atom. The van der Waals surface area contributed by atoms with E-state index in [1.54, 1.807) is 36.7 Å². The lowest BCUT2D eigenvalue weighted by atomic mass is 10.1. The number of imidazole rings is 1. The lowest BCUT2D eigenvalue weighted by Crippen LogP contribution is -2.53. The average molecular weight is 887 g/mol. The molecule has 0 aliphatic carbocycles. The van der Waals surface area contributed by atoms with E-state index in [9.17, 15) is 19.2 Å². The first-order chi connectivity index (χ1) is 31.5. The number of piperazine rings is 2. The van der Waals surface area contributed by atoms with Gasteiger partial charge in [-0.25, -0.2) is 29.1 Å². The number of pyridine rings is 3. The number of likely N-dealkylation sites (tertiary alicyclic amines) is 1. The van der Waals surface area contributed by atoms with Gasteiger partial charge in [-0.05, 0) is 81.6 Å². The minimum absolute atomic E-state index is 0.168. The summed E-state index contributed by atoms with van der Waals surface area (Å²) in [5, 5.41) is 20.3. The fourth-order valence-electron chi connectivity index (χ4n) is 7.95. The topological polar surface area (TPSA) is 222 Å². The number of benzene rings is 1. The maximum absolute atomic E-state index is 12.8. The normalized spacial score (nSPS) is 15.9. The van der Waals surface area contributed by atoms with Crippen molar-refractivity contribution in [2.45, 2.75) is 46.2 Å². The van der Waals surface area contributed by atoms with Gasteiger partial charge in [-0.1, -0.05) is 6.07 Å². The zero-order valence-electron chi connectivity index (χ0n) is 36.6. The lowest BCUT2D eigenvalue weighted by Gasteiger charge is -2.38. The van der Waals surface area contributed by atoms with Gasteiger partial charge in [-0.15, -0.1) is 0 Å². The number of urea groups is 3. The number of hydrogen-bond donors (Lipinski definition) is 5. The number of fused-ring (bicyclic) bond motifs is 2. The number of para-hydroxylation sites is 1. The summed E-state index contributed by atoms with van der Waals surface area (Å²) in [4.78, 5) is 76.1. The van der Waals surface area contributed by atoms with Crippen molar-refractivity contribution in [3.05, 3.63) is 102 Å². The van der Waals surface area contributed by atoms with E-state index in [-0.39, 0.29) is 18.1 Å².